The molecule has 0 aliphatic heterocycles. The Balaban J connectivity index is 2.34. The van der Waals surface area contributed by atoms with Gasteiger partial charge in [0.15, 0.2) is 11.5 Å². The summed E-state index contributed by atoms with van der Waals surface area (Å²) in [5, 5.41) is 3.78. The van der Waals surface area contributed by atoms with Gasteiger partial charge in [-0.3, -0.25) is 0 Å². The van der Waals surface area contributed by atoms with Crippen LogP contribution in [0, 0.1) is 0 Å². The fourth-order valence-electron chi connectivity index (χ4n) is 1.73. The molecule has 0 N–H and O–H groups in total. The highest BCUT2D eigenvalue weighted by Crippen LogP contribution is 2.32. The van der Waals surface area contributed by atoms with Crippen molar-refractivity contribution in [3.63, 3.8) is 0 Å². The van der Waals surface area contributed by atoms with Crippen LogP contribution in [0.25, 0.3) is 16.9 Å². The number of para-hydroxylation sites is 2. The first-order valence-corrected chi connectivity index (χ1v) is 5.40. The maximum atomic E-state index is 13.0. The number of rotatable bonds is 1. The molecule has 0 bridgehead atoms. The Morgan fingerprint density at radius 3 is 2.21 bits per heavy atom. The number of hydrogen-bond acceptors (Lipinski definition) is 3. The van der Waals surface area contributed by atoms with Gasteiger partial charge in [0.1, 0.15) is 0 Å². The number of aromatic nitrogens is 4. The maximum Gasteiger partial charge on any atom is 0.437 e. The van der Waals surface area contributed by atoms with E-state index in [1.54, 1.807) is 18.2 Å². The van der Waals surface area contributed by atoms with E-state index in [1.165, 1.54) is 24.5 Å². The quantitative estimate of drug-likeness (QED) is 0.678. The average Bonchev–Trinajstić information content (AvgIpc) is 2.90. The molecule has 4 nitrogen and oxygen atoms in total. The highest BCUT2D eigenvalue weighted by Gasteiger charge is 2.37. The second-order valence-electron chi connectivity index (χ2n) is 3.83. The van der Waals surface area contributed by atoms with E-state index < -0.39 is 11.9 Å². The number of alkyl halides is 3. The molecular weight excluding hydrogens is 257 g/mol. The SMILES string of the molecule is FC(F)(F)c1nc2ccccc2nc1-n1cccn1. The van der Waals surface area contributed by atoms with Gasteiger partial charge in [-0.2, -0.15) is 18.3 Å². The number of hydrogen-bond donors (Lipinski definition) is 0. The molecule has 0 radical (unpaired) electrons. The monoisotopic (exact) mass is 264 g/mol. The summed E-state index contributed by atoms with van der Waals surface area (Å²) in [6, 6.07) is 7.93. The van der Waals surface area contributed by atoms with Crippen molar-refractivity contribution in [1.29, 1.82) is 0 Å². The summed E-state index contributed by atoms with van der Waals surface area (Å²) < 4.78 is 40.1. The van der Waals surface area contributed by atoms with Crippen LogP contribution in [0.5, 0.6) is 0 Å². The minimum Gasteiger partial charge on any atom is -0.238 e. The lowest BCUT2D eigenvalue weighted by atomic mass is 10.3. The Morgan fingerprint density at radius 1 is 0.947 bits per heavy atom. The van der Waals surface area contributed by atoms with Crippen LogP contribution in [0.1, 0.15) is 5.69 Å². The molecule has 0 amide bonds. The van der Waals surface area contributed by atoms with Crippen LogP contribution in [0.2, 0.25) is 0 Å². The van der Waals surface area contributed by atoms with E-state index in [0.29, 0.717) is 5.52 Å². The fourth-order valence-corrected chi connectivity index (χ4v) is 1.73. The van der Waals surface area contributed by atoms with Crippen molar-refractivity contribution in [1.82, 2.24) is 19.7 Å². The molecule has 0 atom stereocenters. The van der Waals surface area contributed by atoms with Crippen molar-refractivity contribution in [2.45, 2.75) is 6.18 Å². The summed E-state index contributed by atoms with van der Waals surface area (Å²) in [4.78, 5) is 7.66. The van der Waals surface area contributed by atoms with E-state index in [0.717, 1.165) is 4.68 Å². The minimum atomic E-state index is -4.59. The molecule has 0 aliphatic rings. The Kier molecular flexibility index (Phi) is 2.48. The summed E-state index contributed by atoms with van der Waals surface area (Å²) in [6.45, 7) is 0. The molecule has 0 aliphatic carbocycles. The molecule has 3 rings (SSSR count). The molecule has 0 fully saturated rings. The lowest BCUT2D eigenvalue weighted by Gasteiger charge is -2.11. The lowest BCUT2D eigenvalue weighted by Crippen LogP contribution is -2.15. The smallest absolute Gasteiger partial charge is 0.238 e. The van der Waals surface area contributed by atoms with Crippen LogP contribution in [-0.2, 0) is 6.18 Å². The highest BCUT2D eigenvalue weighted by atomic mass is 19.4. The first kappa shape index (κ1) is 11.6. The lowest BCUT2D eigenvalue weighted by molar-refractivity contribution is -0.141. The van der Waals surface area contributed by atoms with Crippen LogP contribution in [0.15, 0.2) is 42.7 Å². The van der Waals surface area contributed by atoms with E-state index >= 15 is 0 Å². The van der Waals surface area contributed by atoms with Crippen LogP contribution in [0.4, 0.5) is 13.2 Å². The Bertz CT molecular complexity index is 719. The second-order valence-corrected chi connectivity index (χ2v) is 3.83. The largest absolute Gasteiger partial charge is 0.437 e. The summed E-state index contributed by atoms with van der Waals surface area (Å²) in [6.07, 6.45) is -1.80. The number of benzene rings is 1. The first-order chi connectivity index (χ1) is 9.05. The Hall–Kier alpha value is -2.44. The van der Waals surface area contributed by atoms with E-state index in [1.807, 2.05) is 0 Å². The molecule has 7 heteroatoms. The van der Waals surface area contributed by atoms with Gasteiger partial charge in [-0.15, -0.1) is 0 Å². The molecule has 0 spiro atoms. The molecule has 2 aromatic heterocycles. The van der Waals surface area contributed by atoms with E-state index in [-0.39, 0.29) is 11.3 Å². The molecule has 0 unspecified atom stereocenters. The molecule has 96 valence electrons. The predicted molar refractivity (Wildman–Crippen MR) is 61.7 cm³/mol. The number of fused-ring (bicyclic) bond motifs is 1. The zero-order valence-electron chi connectivity index (χ0n) is 9.46. The van der Waals surface area contributed by atoms with Gasteiger partial charge in [0, 0.05) is 12.4 Å². The van der Waals surface area contributed by atoms with Gasteiger partial charge in [-0.1, -0.05) is 12.1 Å². The summed E-state index contributed by atoms with van der Waals surface area (Å²) in [5.41, 5.74) is -0.457. The molecule has 3 aromatic rings. The van der Waals surface area contributed by atoms with E-state index in [2.05, 4.69) is 15.1 Å². The fraction of sp³-hybridized carbons (Fsp3) is 0.0833. The third-order valence-electron chi connectivity index (χ3n) is 2.54. The van der Waals surface area contributed by atoms with Crippen LogP contribution in [-0.4, -0.2) is 19.7 Å². The molecule has 2 heterocycles. The summed E-state index contributed by atoms with van der Waals surface area (Å²) >= 11 is 0. The standard InChI is InChI=1S/C12H7F3N4/c13-12(14,15)10-11(19-7-3-6-16-19)18-9-5-2-1-4-8(9)17-10/h1-7H. The normalized spacial score (nSPS) is 11.9. The van der Waals surface area contributed by atoms with Gasteiger partial charge < -0.3 is 0 Å². The topological polar surface area (TPSA) is 43.6 Å². The molecular formula is C12H7F3N4. The third-order valence-corrected chi connectivity index (χ3v) is 2.54. The van der Waals surface area contributed by atoms with Crippen LogP contribution in [0.3, 0.4) is 0 Å². The highest BCUT2D eigenvalue weighted by molar-refractivity contribution is 5.75. The van der Waals surface area contributed by atoms with Gasteiger partial charge in [0.2, 0.25) is 0 Å². The van der Waals surface area contributed by atoms with E-state index in [9.17, 15) is 13.2 Å². The summed E-state index contributed by atoms with van der Waals surface area (Å²) in [7, 11) is 0. The average molecular weight is 264 g/mol. The minimum absolute atomic E-state index is 0.200. The van der Waals surface area contributed by atoms with Gasteiger partial charge >= 0.3 is 6.18 Å². The van der Waals surface area contributed by atoms with Crippen LogP contribution < -0.4 is 0 Å². The van der Waals surface area contributed by atoms with Crippen molar-refractivity contribution in [3.8, 4) is 5.82 Å². The van der Waals surface area contributed by atoms with Gasteiger partial charge in [-0.05, 0) is 18.2 Å². The number of halogens is 3. The molecule has 1 aromatic carbocycles. The Labute approximate surface area is 105 Å². The number of nitrogens with zero attached hydrogens (tertiary/aromatic N) is 4. The first-order valence-electron chi connectivity index (χ1n) is 5.40. The third kappa shape index (κ3) is 2.03. The zero-order chi connectivity index (χ0) is 13.5. The van der Waals surface area contributed by atoms with Crippen molar-refractivity contribution in [2.24, 2.45) is 0 Å². The van der Waals surface area contributed by atoms with Crippen molar-refractivity contribution in [2.75, 3.05) is 0 Å². The van der Waals surface area contributed by atoms with Gasteiger partial charge in [-0.25, -0.2) is 14.6 Å². The van der Waals surface area contributed by atoms with Crippen molar-refractivity contribution < 1.29 is 13.2 Å². The second kappa shape index (κ2) is 4.04. The molecule has 0 saturated heterocycles. The van der Waals surface area contributed by atoms with Gasteiger partial charge in [0.05, 0.1) is 11.0 Å². The molecule has 0 saturated carbocycles. The van der Waals surface area contributed by atoms with Crippen LogP contribution >= 0.6 is 0 Å². The van der Waals surface area contributed by atoms with E-state index in [4.69, 9.17) is 0 Å². The zero-order valence-corrected chi connectivity index (χ0v) is 9.46. The maximum absolute atomic E-state index is 13.0. The predicted octanol–water partition coefficient (Wildman–Crippen LogP) is 2.83. The Morgan fingerprint density at radius 2 is 1.63 bits per heavy atom. The van der Waals surface area contributed by atoms with Gasteiger partial charge in [0.25, 0.3) is 0 Å². The van der Waals surface area contributed by atoms with Crippen molar-refractivity contribution in [3.05, 3.63) is 48.4 Å². The molecule has 19 heavy (non-hydrogen) atoms. The van der Waals surface area contributed by atoms with Crippen molar-refractivity contribution >= 4 is 11.0 Å². The summed E-state index contributed by atoms with van der Waals surface area (Å²) in [5.74, 6) is -0.323.